The molecule has 1 unspecified atom stereocenters. The summed E-state index contributed by atoms with van der Waals surface area (Å²) in [6.07, 6.45) is -1.57. The summed E-state index contributed by atoms with van der Waals surface area (Å²) in [4.78, 5) is 11.2. The van der Waals surface area contributed by atoms with Crippen LogP contribution >= 0.6 is 0 Å². The van der Waals surface area contributed by atoms with Crippen molar-refractivity contribution in [1.82, 2.24) is 4.31 Å². The van der Waals surface area contributed by atoms with Gasteiger partial charge in [0, 0.05) is 12.6 Å². The van der Waals surface area contributed by atoms with Gasteiger partial charge in [-0.3, -0.25) is 0 Å². The molecule has 34 heavy (non-hydrogen) atoms. The lowest BCUT2D eigenvalue weighted by Gasteiger charge is -2.27. The highest BCUT2D eigenvalue weighted by molar-refractivity contribution is 7.89. The summed E-state index contributed by atoms with van der Waals surface area (Å²) in [7, 11) is -0.547. The molecule has 0 spiro atoms. The number of esters is 1. The van der Waals surface area contributed by atoms with Gasteiger partial charge in [0.1, 0.15) is 4.90 Å². The molecule has 0 radical (unpaired) electrons. The van der Waals surface area contributed by atoms with Crippen LogP contribution < -0.4 is 9.47 Å². The van der Waals surface area contributed by atoms with E-state index < -0.39 is 33.8 Å². The van der Waals surface area contributed by atoms with Crippen LogP contribution in [0.5, 0.6) is 11.5 Å². The molecule has 0 aliphatic carbocycles. The van der Waals surface area contributed by atoms with E-state index in [0.29, 0.717) is 12.0 Å². The molecule has 184 valence electrons. The second kappa shape index (κ2) is 10.1. The Kier molecular flexibility index (Phi) is 7.57. The smallest absolute Gasteiger partial charge is 0.416 e. The summed E-state index contributed by atoms with van der Waals surface area (Å²) in [5.41, 5.74) is -0.682. The molecule has 1 aliphatic rings. The first-order valence-electron chi connectivity index (χ1n) is 10.2. The molecule has 1 heterocycles. The Hall–Kier alpha value is -3.05. The van der Waals surface area contributed by atoms with Crippen LogP contribution in [0.25, 0.3) is 6.08 Å². The number of hydrogen-bond acceptors (Lipinski definition) is 6. The van der Waals surface area contributed by atoms with E-state index in [1.807, 2.05) is 0 Å². The predicted molar refractivity (Wildman–Crippen MR) is 118 cm³/mol. The first-order valence-corrected chi connectivity index (χ1v) is 11.7. The average molecular weight is 500 g/mol. The molecule has 3 rings (SSSR count). The minimum absolute atomic E-state index is 0.0346. The van der Waals surface area contributed by atoms with E-state index in [9.17, 15) is 26.4 Å². The van der Waals surface area contributed by atoms with Gasteiger partial charge in [0.05, 0.1) is 32.9 Å². The normalized spacial score (nSPS) is 17.2. The summed E-state index contributed by atoms with van der Waals surface area (Å²) in [6, 6.07) is 6.71. The zero-order valence-corrected chi connectivity index (χ0v) is 19.6. The number of nitrogens with zero attached hydrogens (tertiary/aromatic N) is 1. The number of benzene rings is 2. The molecule has 11 heteroatoms. The standard InChI is InChI=1S/C23H24F3NO6S/c1-31-19-13-15(10-11-21(28)32-2)14-20(22(19)33-3)34(29,30)27-12-6-9-18(27)16-7-4-5-8-17(16)23(24,25)26/h4-5,7-8,10-11,13-14,18H,6,9,12H2,1-3H3/b11-10+. The van der Waals surface area contributed by atoms with Crippen molar-refractivity contribution in [2.75, 3.05) is 27.9 Å². The van der Waals surface area contributed by atoms with Gasteiger partial charge in [-0.05, 0) is 48.2 Å². The number of ether oxygens (including phenoxy) is 3. The summed E-state index contributed by atoms with van der Waals surface area (Å²) in [5.74, 6) is -0.658. The van der Waals surface area contributed by atoms with Crippen molar-refractivity contribution in [2.24, 2.45) is 0 Å². The largest absolute Gasteiger partial charge is 0.493 e. The fraction of sp³-hybridized carbons (Fsp3) is 0.348. The van der Waals surface area contributed by atoms with E-state index in [4.69, 9.17) is 9.47 Å². The number of carbonyl (C=O) groups is 1. The predicted octanol–water partition coefficient (Wildman–Crippen LogP) is 4.43. The Morgan fingerprint density at radius 1 is 1.12 bits per heavy atom. The van der Waals surface area contributed by atoms with Gasteiger partial charge in [-0.2, -0.15) is 17.5 Å². The van der Waals surface area contributed by atoms with E-state index in [2.05, 4.69) is 4.74 Å². The summed E-state index contributed by atoms with van der Waals surface area (Å²) < 4.78 is 84.7. The zero-order valence-electron chi connectivity index (χ0n) is 18.8. The molecule has 0 N–H and O–H groups in total. The number of rotatable bonds is 7. The van der Waals surface area contributed by atoms with Crippen LogP contribution in [0.1, 0.15) is 35.6 Å². The Labute approximate surface area is 195 Å². The van der Waals surface area contributed by atoms with E-state index in [-0.39, 0.29) is 34.9 Å². The fourth-order valence-electron chi connectivity index (χ4n) is 3.98. The lowest BCUT2D eigenvalue weighted by atomic mass is 9.99. The van der Waals surface area contributed by atoms with Crippen LogP contribution in [0.15, 0.2) is 47.4 Å². The molecule has 0 aromatic heterocycles. The van der Waals surface area contributed by atoms with Crippen LogP contribution in [-0.4, -0.2) is 46.6 Å². The van der Waals surface area contributed by atoms with E-state index in [0.717, 1.165) is 16.4 Å². The molecular weight excluding hydrogens is 475 g/mol. The molecule has 7 nitrogen and oxygen atoms in total. The lowest BCUT2D eigenvalue weighted by molar-refractivity contribution is -0.138. The number of carbonyl (C=O) groups excluding carboxylic acids is 1. The molecule has 0 bridgehead atoms. The van der Waals surface area contributed by atoms with Crippen molar-refractivity contribution >= 4 is 22.1 Å². The highest BCUT2D eigenvalue weighted by Gasteiger charge is 2.42. The van der Waals surface area contributed by atoms with E-state index in [1.54, 1.807) is 0 Å². The number of hydrogen-bond donors (Lipinski definition) is 0. The SMILES string of the molecule is COC(=O)/C=C/c1cc(OC)c(OC)c(S(=O)(=O)N2CCCC2c2ccccc2C(F)(F)F)c1. The van der Waals surface area contributed by atoms with Crippen LogP contribution in [-0.2, 0) is 25.7 Å². The van der Waals surface area contributed by atoms with Crippen molar-refractivity contribution in [3.05, 3.63) is 59.2 Å². The Balaban J connectivity index is 2.14. The van der Waals surface area contributed by atoms with Gasteiger partial charge in [0.25, 0.3) is 0 Å². The first kappa shape index (κ1) is 25.6. The molecule has 0 amide bonds. The van der Waals surface area contributed by atoms with Crippen molar-refractivity contribution in [3.8, 4) is 11.5 Å². The lowest BCUT2D eigenvalue weighted by Crippen LogP contribution is -2.32. The molecule has 1 aliphatic heterocycles. The van der Waals surface area contributed by atoms with Crippen LogP contribution in [0.2, 0.25) is 0 Å². The third-order valence-electron chi connectivity index (χ3n) is 5.50. The third kappa shape index (κ3) is 5.05. The molecule has 1 fully saturated rings. The van der Waals surface area contributed by atoms with Gasteiger partial charge in [-0.15, -0.1) is 0 Å². The van der Waals surface area contributed by atoms with Crippen molar-refractivity contribution in [2.45, 2.75) is 30.0 Å². The van der Waals surface area contributed by atoms with Gasteiger partial charge < -0.3 is 14.2 Å². The number of halogens is 3. The maximum absolute atomic E-state index is 13.8. The molecule has 1 saturated heterocycles. The third-order valence-corrected chi connectivity index (χ3v) is 7.41. The summed E-state index contributed by atoms with van der Waals surface area (Å²) >= 11 is 0. The van der Waals surface area contributed by atoms with Crippen LogP contribution in [0.4, 0.5) is 13.2 Å². The van der Waals surface area contributed by atoms with Gasteiger partial charge in [0.15, 0.2) is 11.5 Å². The zero-order chi connectivity index (χ0) is 25.1. The molecule has 1 atom stereocenters. The Morgan fingerprint density at radius 3 is 2.44 bits per heavy atom. The van der Waals surface area contributed by atoms with Crippen LogP contribution in [0, 0.1) is 0 Å². The van der Waals surface area contributed by atoms with Crippen molar-refractivity contribution in [3.63, 3.8) is 0 Å². The van der Waals surface area contributed by atoms with E-state index in [1.165, 1.54) is 57.7 Å². The topological polar surface area (TPSA) is 82.1 Å². The average Bonchev–Trinajstić information content (AvgIpc) is 3.32. The van der Waals surface area contributed by atoms with Crippen molar-refractivity contribution in [1.29, 1.82) is 0 Å². The number of alkyl halides is 3. The summed E-state index contributed by atoms with van der Waals surface area (Å²) in [6.45, 7) is 0.0346. The Morgan fingerprint density at radius 2 is 1.82 bits per heavy atom. The highest BCUT2D eigenvalue weighted by atomic mass is 32.2. The minimum atomic E-state index is -4.63. The van der Waals surface area contributed by atoms with Gasteiger partial charge in [0.2, 0.25) is 10.0 Å². The maximum atomic E-state index is 13.8. The monoisotopic (exact) mass is 499 g/mol. The van der Waals surface area contributed by atoms with Crippen molar-refractivity contribution < 1.29 is 40.6 Å². The maximum Gasteiger partial charge on any atom is 0.416 e. The van der Waals surface area contributed by atoms with Gasteiger partial charge in [-0.25, -0.2) is 13.2 Å². The highest BCUT2D eigenvalue weighted by Crippen LogP contribution is 2.45. The molecular formula is C23H24F3NO6S. The van der Waals surface area contributed by atoms with E-state index >= 15 is 0 Å². The fourth-order valence-corrected chi connectivity index (χ4v) is 5.86. The second-order valence-corrected chi connectivity index (χ2v) is 9.33. The molecule has 2 aromatic carbocycles. The minimum Gasteiger partial charge on any atom is -0.493 e. The summed E-state index contributed by atoms with van der Waals surface area (Å²) in [5, 5.41) is 0. The molecule has 0 saturated carbocycles. The Bertz CT molecular complexity index is 1190. The molecule has 2 aromatic rings. The number of methoxy groups -OCH3 is 3. The van der Waals surface area contributed by atoms with Gasteiger partial charge in [-0.1, -0.05) is 18.2 Å². The number of sulfonamides is 1. The second-order valence-electron chi connectivity index (χ2n) is 7.47. The van der Waals surface area contributed by atoms with Gasteiger partial charge >= 0.3 is 12.1 Å². The quantitative estimate of drug-likeness (QED) is 0.414. The van der Waals surface area contributed by atoms with Crippen LogP contribution in [0.3, 0.4) is 0 Å². The first-order chi connectivity index (χ1) is 16.0.